The summed E-state index contributed by atoms with van der Waals surface area (Å²) in [7, 11) is 0. The number of para-hydroxylation sites is 1. The summed E-state index contributed by atoms with van der Waals surface area (Å²) in [6.45, 7) is 2.05. The van der Waals surface area contributed by atoms with E-state index in [1.165, 1.54) is 18.1 Å². The molecular formula is C18H14ClN5S2. The number of nitrogens with zero attached hydrogens (tertiary/aromatic N) is 3. The van der Waals surface area contributed by atoms with Crippen LogP contribution in [0.1, 0.15) is 5.56 Å². The van der Waals surface area contributed by atoms with Gasteiger partial charge in [0.25, 0.3) is 0 Å². The smallest absolute Gasteiger partial charge is 0.189 e. The van der Waals surface area contributed by atoms with Crippen molar-refractivity contribution >= 4 is 61.6 Å². The molecular weight excluding hydrogens is 386 g/mol. The van der Waals surface area contributed by atoms with E-state index in [9.17, 15) is 0 Å². The summed E-state index contributed by atoms with van der Waals surface area (Å²) < 4.78 is 1.12. The Morgan fingerprint density at radius 2 is 1.92 bits per heavy atom. The van der Waals surface area contributed by atoms with Crippen LogP contribution in [0.3, 0.4) is 0 Å². The van der Waals surface area contributed by atoms with Crippen LogP contribution >= 0.6 is 34.7 Å². The summed E-state index contributed by atoms with van der Waals surface area (Å²) >= 11 is 8.96. The number of nitrogen functional groups attached to an aromatic ring is 1. The zero-order valence-corrected chi connectivity index (χ0v) is 16.1. The molecule has 0 bridgehead atoms. The van der Waals surface area contributed by atoms with E-state index in [2.05, 4.69) is 26.3 Å². The second kappa shape index (κ2) is 7.11. The highest BCUT2D eigenvalue weighted by molar-refractivity contribution is 7.99. The van der Waals surface area contributed by atoms with E-state index in [1.54, 1.807) is 11.3 Å². The molecule has 0 saturated carbocycles. The molecule has 0 aliphatic heterocycles. The lowest BCUT2D eigenvalue weighted by molar-refractivity contribution is 1.06. The van der Waals surface area contributed by atoms with Gasteiger partial charge in [-0.05, 0) is 42.8 Å². The van der Waals surface area contributed by atoms with Gasteiger partial charge in [-0.3, -0.25) is 0 Å². The fraction of sp³-hybridized carbons (Fsp3) is 0.0556. The van der Waals surface area contributed by atoms with Crippen molar-refractivity contribution in [2.45, 2.75) is 16.8 Å². The molecule has 5 nitrogen and oxygen atoms in total. The van der Waals surface area contributed by atoms with Crippen molar-refractivity contribution in [3.05, 3.63) is 59.4 Å². The second-order valence-corrected chi connectivity index (χ2v) is 8.09. The average Bonchev–Trinajstić information content (AvgIpc) is 3.04. The van der Waals surface area contributed by atoms with Gasteiger partial charge in [0.1, 0.15) is 17.0 Å². The first-order chi connectivity index (χ1) is 12.6. The largest absolute Gasteiger partial charge is 0.394 e. The van der Waals surface area contributed by atoms with Crippen LogP contribution in [0, 0.1) is 6.92 Å². The van der Waals surface area contributed by atoms with Crippen LogP contribution in [-0.4, -0.2) is 15.0 Å². The Kier molecular flexibility index (Phi) is 4.67. The summed E-state index contributed by atoms with van der Waals surface area (Å²) in [6.07, 6.45) is 1.50. The molecule has 26 heavy (non-hydrogen) atoms. The van der Waals surface area contributed by atoms with Crippen molar-refractivity contribution in [3.63, 3.8) is 0 Å². The highest BCUT2D eigenvalue weighted by Gasteiger charge is 2.12. The monoisotopic (exact) mass is 399 g/mol. The lowest BCUT2D eigenvalue weighted by Gasteiger charge is -2.09. The average molecular weight is 400 g/mol. The number of nitrogens with one attached hydrogen (secondary N) is 1. The standard InChI is InChI=1S/C18H14ClN5S2/c1-10-3-2-4-13-15(10)23-18(26-13)24-16-14(20)17(22-9-21-16)25-12-7-5-11(19)6-8-12/h2-9H,20H2,1H3,(H,21,22,23,24). The van der Waals surface area contributed by atoms with Crippen molar-refractivity contribution < 1.29 is 0 Å². The molecule has 2 heterocycles. The topological polar surface area (TPSA) is 76.7 Å². The Morgan fingerprint density at radius 3 is 2.69 bits per heavy atom. The maximum atomic E-state index is 6.28. The maximum Gasteiger partial charge on any atom is 0.189 e. The first-order valence-electron chi connectivity index (χ1n) is 7.77. The van der Waals surface area contributed by atoms with E-state index in [4.69, 9.17) is 17.3 Å². The van der Waals surface area contributed by atoms with E-state index < -0.39 is 0 Å². The molecule has 0 atom stereocenters. The van der Waals surface area contributed by atoms with Crippen molar-refractivity contribution in [2.75, 3.05) is 11.1 Å². The molecule has 4 aromatic rings. The van der Waals surface area contributed by atoms with Gasteiger partial charge in [-0.15, -0.1) is 0 Å². The number of fused-ring (bicyclic) bond motifs is 1. The molecule has 0 radical (unpaired) electrons. The summed E-state index contributed by atoms with van der Waals surface area (Å²) in [4.78, 5) is 14.2. The Bertz CT molecular complexity index is 1080. The van der Waals surface area contributed by atoms with Gasteiger partial charge in [0, 0.05) is 9.92 Å². The lowest BCUT2D eigenvalue weighted by Crippen LogP contribution is -2.02. The van der Waals surface area contributed by atoms with Gasteiger partial charge in [-0.2, -0.15) is 0 Å². The predicted molar refractivity (Wildman–Crippen MR) is 110 cm³/mol. The van der Waals surface area contributed by atoms with Gasteiger partial charge in [0.2, 0.25) is 0 Å². The fourth-order valence-electron chi connectivity index (χ4n) is 2.42. The molecule has 130 valence electrons. The normalized spacial score (nSPS) is 11.0. The van der Waals surface area contributed by atoms with Gasteiger partial charge in [0.05, 0.1) is 10.2 Å². The van der Waals surface area contributed by atoms with E-state index in [-0.39, 0.29) is 0 Å². The Hall–Kier alpha value is -2.35. The van der Waals surface area contributed by atoms with Crippen LogP contribution in [0.2, 0.25) is 5.02 Å². The molecule has 0 saturated heterocycles. The van der Waals surface area contributed by atoms with Crippen LogP contribution in [0.25, 0.3) is 10.2 Å². The molecule has 0 aliphatic carbocycles. The Balaban J connectivity index is 1.62. The maximum absolute atomic E-state index is 6.28. The first kappa shape index (κ1) is 17.1. The molecule has 4 rings (SSSR count). The number of hydrogen-bond donors (Lipinski definition) is 2. The zero-order chi connectivity index (χ0) is 18.1. The van der Waals surface area contributed by atoms with Crippen molar-refractivity contribution in [1.29, 1.82) is 0 Å². The number of halogens is 1. The van der Waals surface area contributed by atoms with E-state index in [1.807, 2.05) is 43.3 Å². The summed E-state index contributed by atoms with van der Waals surface area (Å²) in [5.41, 5.74) is 8.89. The molecule has 3 N–H and O–H groups in total. The third-order valence-corrected chi connectivity index (χ3v) is 5.94. The third-order valence-electron chi connectivity index (χ3n) is 3.72. The fourth-order valence-corrected chi connectivity index (χ4v) is 4.29. The van der Waals surface area contributed by atoms with Crippen molar-refractivity contribution in [3.8, 4) is 0 Å². The molecule has 0 aliphatic rings. The van der Waals surface area contributed by atoms with Crippen LogP contribution in [0.5, 0.6) is 0 Å². The molecule has 8 heteroatoms. The minimum Gasteiger partial charge on any atom is -0.394 e. The Labute approximate surface area is 163 Å². The number of aryl methyl sites for hydroxylation is 1. The predicted octanol–water partition coefficient (Wildman–Crippen LogP) is 5.53. The summed E-state index contributed by atoms with van der Waals surface area (Å²) in [5, 5.41) is 5.35. The molecule has 0 spiro atoms. The number of nitrogens with two attached hydrogens (primary N) is 1. The number of benzene rings is 2. The van der Waals surface area contributed by atoms with E-state index in [0.717, 1.165) is 25.8 Å². The second-order valence-electron chi connectivity index (χ2n) is 5.56. The van der Waals surface area contributed by atoms with Crippen LogP contribution < -0.4 is 11.1 Å². The molecule has 2 aromatic carbocycles. The lowest BCUT2D eigenvalue weighted by atomic mass is 10.2. The van der Waals surface area contributed by atoms with Crippen molar-refractivity contribution in [2.24, 2.45) is 0 Å². The molecule has 0 fully saturated rings. The van der Waals surface area contributed by atoms with Gasteiger partial charge in [0.15, 0.2) is 10.9 Å². The minimum atomic E-state index is 0.489. The minimum absolute atomic E-state index is 0.489. The van der Waals surface area contributed by atoms with Gasteiger partial charge in [-0.25, -0.2) is 15.0 Å². The molecule has 0 amide bonds. The van der Waals surface area contributed by atoms with E-state index >= 15 is 0 Å². The SMILES string of the molecule is Cc1cccc2sc(Nc3ncnc(Sc4ccc(Cl)cc4)c3N)nc12. The number of anilines is 3. The first-order valence-corrected chi connectivity index (χ1v) is 9.78. The zero-order valence-electron chi connectivity index (χ0n) is 13.7. The van der Waals surface area contributed by atoms with Crippen LogP contribution in [-0.2, 0) is 0 Å². The van der Waals surface area contributed by atoms with E-state index in [0.29, 0.717) is 21.6 Å². The van der Waals surface area contributed by atoms with Crippen molar-refractivity contribution in [1.82, 2.24) is 15.0 Å². The number of rotatable bonds is 4. The highest BCUT2D eigenvalue weighted by atomic mass is 35.5. The summed E-state index contributed by atoms with van der Waals surface area (Å²) in [5.74, 6) is 0.549. The molecule has 2 aromatic heterocycles. The Morgan fingerprint density at radius 1 is 1.12 bits per heavy atom. The number of hydrogen-bond acceptors (Lipinski definition) is 7. The van der Waals surface area contributed by atoms with Crippen LogP contribution in [0.15, 0.2) is 58.7 Å². The quantitative estimate of drug-likeness (QED) is 0.439. The van der Waals surface area contributed by atoms with Gasteiger partial charge in [-0.1, -0.05) is 46.8 Å². The summed E-state index contributed by atoms with van der Waals surface area (Å²) in [6, 6.07) is 13.7. The van der Waals surface area contributed by atoms with Crippen LogP contribution in [0.4, 0.5) is 16.6 Å². The number of aromatic nitrogens is 3. The van der Waals surface area contributed by atoms with Gasteiger partial charge >= 0.3 is 0 Å². The number of thiazole rings is 1. The molecule has 0 unspecified atom stereocenters. The van der Waals surface area contributed by atoms with Gasteiger partial charge < -0.3 is 11.1 Å². The highest BCUT2D eigenvalue weighted by Crippen LogP contribution is 2.36. The third kappa shape index (κ3) is 3.46.